The van der Waals surface area contributed by atoms with Crippen LogP contribution in [0.2, 0.25) is 0 Å². The number of sulfone groups is 1. The van der Waals surface area contributed by atoms with Gasteiger partial charge in [-0.2, -0.15) is 0 Å². The molecule has 20 heavy (non-hydrogen) atoms. The molecular formula is C13H16N2O4S. The maximum absolute atomic E-state index is 12.0. The fourth-order valence-corrected chi connectivity index (χ4v) is 3.87. The van der Waals surface area contributed by atoms with Crippen LogP contribution >= 0.6 is 0 Å². The number of hydrogen-bond acceptors (Lipinski definition) is 5. The van der Waals surface area contributed by atoms with Crippen LogP contribution in [0.3, 0.4) is 0 Å². The first-order valence-corrected chi connectivity index (χ1v) is 8.04. The summed E-state index contributed by atoms with van der Waals surface area (Å²) in [5, 5.41) is 14.5. The van der Waals surface area contributed by atoms with E-state index in [0.29, 0.717) is 23.4 Å². The quantitative estimate of drug-likeness (QED) is 0.498. The number of nitrogens with zero attached hydrogens (tertiary/aromatic N) is 1. The van der Waals surface area contributed by atoms with Crippen molar-refractivity contribution in [2.24, 2.45) is 11.1 Å². The van der Waals surface area contributed by atoms with Crippen LogP contribution in [0.15, 0.2) is 29.4 Å². The molecule has 1 saturated heterocycles. The zero-order valence-corrected chi connectivity index (χ0v) is 11.9. The van der Waals surface area contributed by atoms with Crippen LogP contribution in [0.1, 0.15) is 18.9 Å². The highest BCUT2D eigenvalue weighted by molar-refractivity contribution is 7.91. The van der Waals surface area contributed by atoms with Crippen molar-refractivity contribution in [3.8, 4) is 0 Å². The Balaban J connectivity index is 2.09. The summed E-state index contributed by atoms with van der Waals surface area (Å²) in [5.41, 5.74) is 1.67. The highest BCUT2D eigenvalue weighted by atomic mass is 32.2. The van der Waals surface area contributed by atoms with Crippen LogP contribution in [0.5, 0.6) is 0 Å². The lowest BCUT2D eigenvalue weighted by Crippen LogP contribution is -2.23. The average molecular weight is 296 g/mol. The molecular weight excluding hydrogens is 280 g/mol. The summed E-state index contributed by atoms with van der Waals surface area (Å²) < 4.78 is 22.7. The number of oxime groups is 1. The average Bonchev–Trinajstić information content (AvgIpc) is 2.78. The lowest BCUT2D eigenvalue weighted by Gasteiger charge is -2.10. The molecule has 0 bridgehead atoms. The predicted molar refractivity (Wildman–Crippen MR) is 75.8 cm³/mol. The number of amides is 1. The molecule has 0 aromatic heterocycles. The molecule has 1 fully saturated rings. The van der Waals surface area contributed by atoms with Crippen LogP contribution in [0.25, 0.3) is 0 Å². The molecule has 108 valence electrons. The largest absolute Gasteiger partial charge is 0.411 e. The molecule has 1 amide bonds. The van der Waals surface area contributed by atoms with Gasteiger partial charge in [0.05, 0.1) is 23.1 Å². The van der Waals surface area contributed by atoms with Crippen molar-refractivity contribution in [3.05, 3.63) is 29.8 Å². The van der Waals surface area contributed by atoms with Gasteiger partial charge in [-0.05, 0) is 25.5 Å². The normalized spacial score (nSPS) is 21.6. The summed E-state index contributed by atoms with van der Waals surface area (Å²) in [7, 11) is -3.07. The molecule has 1 heterocycles. The summed E-state index contributed by atoms with van der Waals surface area (Å²) in [6.07, 6.45) is 0.366. The fourth-order valence-electron chi connectivity index (χ4n) is 2.13. The number of carbonyl (C=O) groups is 1. The van der Waals surface area contributed by atoms with Gasteiger partial charge < -0.3 is 10.5 Å². The first-order valence-electron chi connectivity index (χ1n) is 6.21. The van der Waals surface area contributed by atoms with E-state index in [0.717, 1.165) is 0 Å². The van der Waals surface area contributed by atoms with Gasteiger partial charge in [-0.1, -0.05) is 17.3 Å². The minimum absolute atomic E-state index is 0.0708. The first-order chi connectivity index (χ1) is 9.41. The fraction of sp³-hybridized carbons (Fsp3) is 0.385. The van der Waals surface area contributed by atoms with E-state index in [1.165, 1.54) is 0 Å². The second-order valence-corrected chi connectivity index (χ2v) is 7.08. The van der Waals surface area contributed by atoms with Gasteiger partial charge >= 0.3 is 0 Å². The number of carbonyl (C=O) groups excluding carboxylic acids is 1. The zero-order chi connectivity index (χ0) is 14.8. The van der Waals surface area contributed by atoms with Gasteiger partial charge in [-0.25, -0.2) is 8.42 Å². The number of benzene rings is 1. The predicted octanol–water partition coefficient (Wildman–Crippen LogP) is 1.26. The minimum Gasteiger partial charge on any atom is -0.411 e. The summed E-state index contributed by atoms with van der Waals surface area (Å²) in [5.74, 6) is -0.796. The molecule has 0 saturated carbocycles. The molecule has 1 atom stereocenters. The number of hydrogen-bond donors (Lipinski definition) is 2. The Morgan fingerprint density at radius 2 is 2.20 bits per heavy atom. The van der Waals surface area contributed by atoms with Crippen LogP contribution in [-0.2, 0) is 14.6 Å². The van der Waals surface area contributed by atoms with Crippen molar-refractivity contribution in [2.45, 2.75) is 13.3 Å². The van der Waals surface area contributed by atoms with Crippen molar-refractivity contribution in [1.29, 1.82) is 0 Å². The van der Waals surface area contributed by atoms with Gasteiger partial charge in [-0.3, -0.25) is 4.79 Å². The van der Waals surface area contributed by atoms with Crippen molar-refractivity contribution in [3.63, 3.8) is 0 Å². The van der Waals surface area contributed by atoms with E-state index in [1.807, 2.05) is 0 Å². The smallest absolute Gasteiger partial charge is 0.228 e. The third-order valence-corrected chi connectivity index (χ3v) is 5.07. The summed E-state index contributed by atoms with van der Waals surface area (Å²) >= 11 is 0. The Morgan fingerprint density at radius 1 is 1.45 bits per heavy atom. The van der Waals surface area contributed by atoms with Crippen LogP contribution in [0.4, 0.5) is 5.69 Å². The summed E-state index contributed by atoms with van der Waals surface area (Å²) in [4.78, 5) is 12.0. The first kappa shape index (κ1) is 14.5. The van der Waals surface area contributed by atoms with Gasteiger partial charge in [0, 0.05) is 11.3 Å². The second kappa shape index (κ2) is 5.62. The minimum atomic E-state index is -3.07. The van der Waals surface area contributed by atoms with Crippen LogP contribution < -0.4 is 5.32 Å². The topological polar surface area (TPSA) is 95.8 Å². The molecule has 1 aromatic rings. The van der Waals surface area contributed by atoms with E-state index in [4.69, 9.17) is 5.21 Å². The lowest BCUT2D eigenvalue weighted by molar-refractivity contribution is -0.119. The monoisotopic (exact) mass is 296 g/mol. The van der Waals surface area contributed by atoms with Gasteiger partial charge in [0.1, 0.15) is 0 Å². The van der Waals surface area contributed by atoms with E-state index >= 15 is 0 Å². The molecule has 1 aliphatic heterocycles. The van der Waals surface area contributed by atoms with E-state index in [1.54, 1.807) is 31.2 Å². The molecule has 1 aliphatic rings. The number of nitrogens with one attached hydrogen (secondary N) is 1. The van der Waals surface area contributed by atoms with Crippen molar-refractivity contribution < 1.29 is 18.4 Å². The van der Waals surface area contributed by atoms with Crippen molar-refractivity contribution in [2.75, 3.05) is 16.8 Å². The maximum atomic E-state index is 12.0. The van der Waals surface area contributed by atoms with Crippen molar-refractivity contribution >= 4 is 27.1 Å². The van der Waals surface area contributed by atoms with E-state index < -0.39 is 15.8 Å². The van der Waals surface area contributed by atoms with Gasteiger partial charge in [-0.15, -0.1) is 0 Å². The Labute approximate surface area is 117 Å². The molecule has 0 aliphatic carbocycles. The third kappa shape index (κ3) is 3.36. The van der Waals surface area contributed by atoms with Gasteiger partial charge in [0.2, 0.25) is 5.91 Å². The second-order valence-electron chi connectivity index (χ2n) is 4.86. The molecule has 6 nitrogen and oxygen atoms in total. The Hall–Kier alpha value is -1.89. The zero-order valence-electron chi connectivity index (χ0n) is 11.0. The van der Waals surface area contributed by atoms with E-state index in [9.17, 15) is 13.2 Å². The molecule has 7 heteroatoms. The van der Waals surface area contributed by atoms with Gasteiger partial charge in [0.15, 0.2) is 9.84 Å². The Morgan fingerprint density at radius 3 is 2.80 bits per heavy atom. The Bertz CT molecular complexity index is 652. The van der Waals surface area contributed by atoms with Crippen LogP contribution in [-0.4, -0.2) is 36.7 Å². The van der Waals surface area contributed by atoms with Gasteiger partial charge in [0.25, 0.3) is 0 Å². The molecule has 1 aromatic carbocycles. The van der Waals surface area contributed by atoms with Crippen LogP contribution in [0, 0.1) is 5.92 Å². The number of anilines is 1. The molecule has 2 N–H and O–H groups in total. The molecule has 2 rings (SSSR count). The highest BCUT2D eigenvalue weighted by Crippen LogP contribution is 2.21. The third-order valence-electron chi connectivity index (χ3n) is 3.30. The summed E-state index contributed by atoms with van der Waals surface area (Å²) in [6, 6.07) is 6.86. The molecule has 1 unspecified atom stereocenters. The highest BCUT2D eigenvalue weighted by Gasteiger charge is 2.32. The van der Waals surface area contributed by atoms with E-state index in [2.05, 4.69) is 10.5 Å². The SMILES string of the molecule is CC(=NO)c1cccc(NC(=O)C2CCS(=O)(=O)C2)c1. The summed E-state index contributed by atoms with van der Waals surface area (Å²) in [6.45, 7) is 1.64. The standard InChI is InChI=1S/C13H16N2O4S/c1-9(15-17)10-3-2-4-12(7-10)14-13(16)11-5-6-20(18,19)8-11/h2-4,7,11,17H,5-6,8H2,1H3,(H,14,16). The molecule has 0 spiro atoms. The van der Waals surface area contributed by atoms with Crippen molar-refractivity contribution in [1.82, 2.24) is 0 Å². The molecule has 0 radical (unpaired) electrons. The maximum Gasteiger partial charge on any atom is 0.228 e. The Kier molecular flexibility index (Phi) is 4.08. The number of rotatable bonds is 3. The van der Waals surface area contributed by atoms with E-state index in [-0.39, 0.29) is 17.4 Å². The lowest BCUT2D eigenvalue weighted by atomic mass is 10.1.